The molecule has 0 saturated heterocycles. The highest BCUT2D eigenvalue weighted by Gasteiger charge is 2.17. The fourth-order valence-electron chi connectivity index (χ4n) is 4.19. The third kappa shape index (κ3) is 4.55. The first-order valence-electron chi connectivity index (χ1n) is 10.2. The van der Waals surface area contributed by atoms with Gasteiger partial charge in [-0.25, -0.2) is 0 Å². The van der Waals surface area contributed by atoms with Crippen molar-refractivity contribution in [3.8, 4) is 0 Å². The summed E-state index contributed by atoms with van der Waals surface area (Å²) in [6.45, 7) is 6.76. The Balaban J connectivity index is 1.86. The van der Waals surface area contributed by atoms with Gasteiger partial charge in [-0.1, -0.05) is 79.3 Å². The first-order chi connectivity index (χ1) is 12.7. The minimum atomic E-state index is 0.519. The van der Waals surface area contributed by atoms with Crippen molar-refractivity contribution in [2.75, 3.05) is 0 Å². The summed E-state index contributed by atoms with van der Waals surface area (Å²) in [5.41, 5.74) is 7.26. The SMILES string of the molecule is CCC(CC=C(C1=CCCC=C1)C1C=CC=CC1)c1ccc(C)cc1C. The van der Waals surface area contributed by atoms with E-state index >= 15 is 0 Å². The minimum absolute atomic E-state index is 0.519. The predicted molar refractivity (Wildman–Crippen MR) is 114 cm³/mol. The lowest BCUT2D eigenvalue weighted by molar-refractivity contribution is 0.660. The standard InChI is InChI=1S/C26H32/c1-4-22(25-17-15-20(2)19-21(25)3)16-18-26(23-11-7-5-8-12-23)24-13-9-6-10-14-24/h5,7-9,11,13-15,17-19,22-23H,4,6,10,12,16H2,1-3H3. The van der Waals surface area contributed by atoms with E-state index < -0.39 is 0 Å². The summed E-state index contributed by atoms with van der Waals surface area (Å²) < 4.78 is 0. The van der Waals surface area contributed by atoms with Gasteiger partial charge in [0.25, 0.3) is 0 Å². The molecule has 1 aromatic rings. The number of hydrogen-bond donors (Lipinski definition) is 0. The van der Waals surface area contributed by atoms with E-state index in [0.29, 0.717) is 11.8 Å². The molecule has 1 aromatic carbocycles. The van der Waals surface area contributed by atoms with Gasteiger partial charge in [0, 0.05) is 5.92 Å². The molecule has 0 aromatic heterocycles. The predicted octanol–water partition coefficient (Wildman–Crippen LogP) is 7.52. The summed E-state index contributed by atoms with van der Waals surface area (Å²) in [4.78, 5) is 0. The Morgan fingerprint density at radius 3 is 2.69 bits per heavy atom. The number of allylic oxidation sites excluding steroid dienone is 10. The fraction of sp³-hybridized carbons (Fsp3) is 0.385. The summed E-state index contributed by atoms with van der Waals surface area (Å²) in [6.07, 6.45) is 24.4. The Labute approximate surface area is 159 Å². The molecule has 0 amide bonds. The van der Waals surface area contributed by atoms with Crippen LogP contribution in [0.15, 0.2) is 78.0 Å². The van der Waals surface area contributed by atoms with Gasteiger partial charge >= 0.3 is 0 Å². The first-order valence-corrected chi connectivity index (χ1v) is 10.2. The zero-order chi connectivity index (χ0) is 18.4. The smallest absolute Gasteiger partial charge is 0.00583 e. The van der Waals surface area contributed by atoms with Crippen molar-refractivity contribution in [1.82, 2.24) is 0 Å². The lowest BCUT2D eigenvalue weighted by atomic mass is 9.82. The molecule has 3 rings (SSSR count). The van der Waals surface area contributed by atoms with Gasteiger partial charge in [-0.3, -0.25) is 0 Å². The normalized spacial score (nSPS) is 21.0. The van der Waals surface area contributed by atoms with Gasteiger partial charge in [0.2, 0.25) is 0 Å². The molecule has 136 valence electrons. The topological polar surface area (TPSA) is 0 Å². The number of rotatable bonds is 6. The van der Waals surface area contributed by atoms with Crippen molar-refractivity contribution in [2.45, 2.75) is 58.8 Å². The molecule has 0 heterocycles. The monoisotopic (exact) mass is 344 g/mol. The Bertz CT molecular complexity index is 767. The molecule has 0 nitrogen and oxygen atoms in total. The lowest BCUT2D eigenvalue weighted by Gasteiger charge is -2.22. The van der Waals surface area contributed by atoms with Crippen molar-refractivity contribution in [3.05, 3.63) is 94.6 Å². The van der Waals surface area contributed by atoms with Crippen LogP contribution in [0.3, 0.4) is 0 Å². The van der Waals surface area contributed by atoms with E-state index in [9.17, 15) is 0 Å². The van der Waals surface area contributed by atoms with Gasteiger partial charge in [0.1, 0.15) is 0 Å². The second-order valence-electron chi connectivity index (χ2n) is 7.65. The molecular weight excluding hydrogens is 312 g/mol. The van der Waals surface area contributed by atoms with Crippen LogP contribution in [0.1, 0.15) is 61.6 Å². The number of aryl methyl sites for hydroxylation is 2. The second-order valence-corrected chi connectivity index (χ2v) is 7.65. The van der Waals surface area contributed by atoms with E-state index in [-0.39, 0.29) is 0 Å². The van der Waals surface area contributed by atoms with Crippen LogP contribution in [0.4, 0.5) is 0 Å². The molecule has 0 radical (unpaired) electrons. The van der Waals surface area contributed by atoms with Crippen LogP contribution in [0.5, 0.6) is 0 Å². The first kappa shape index (κ1) is 18.7. The molecule has 0 saturated carbocycles. The lowest BCUT2D eigenvalue weighted by Crippen LogP contribution is -2.07. The maximum absolute atomic E-state index is 2.53. The molecule has 2 atom stereocenters. The van der Waals surface area contributed by atoms with Crippen molar-refractivity contribution < 1.29 is 0 Å². The Morgan fingerprint density at radius 1 is 1.15 bits per heavy atom. The van der Waals surface area contributed by atoms with E-state index in [0.717, 1.165) is 12.8 Å². The molecule has 0 spiro atoms. The van der Waals surface area contributed by atoms with Gasteiger partial charge in [0.15, 0.2) is 0 Å². The molecule has 2 unspecified atom stereocenters. The Hall–Kier alpha value is -2.08. The summed E-state index contributed by atoms with van der Waals surface area (Å²) in [5, 5.41) is 0. The van der Waals surface area contributed by atoms with Crippen LogP contribution < -0.4 is 0 Å². The van der Waals surface area contributed by atoms with Crippen molar-refractivity contribution in [2.24, 2.45) is 5.92 Å². The highest BCUT2D eigenvalue weighted by molar-refractivity contribution is 5.45. The summed E-state index contributed by atoms with van der Waals surface area (Å²) in [7, 11) is 0. The Kier molecular flexibility index (Phi) is 6.50. The molecule has 0 heteroatoms. The summed E-state index contributed by atoms with van der Waals surface area (Å²) in [6, 6.07) is 6.93. The Morgan fingerprint density at radius 2 is 2.04 bits per heavy atom. The largest absolute Gasteiger partial charge is 0.0836 e. The van der Waals surface area contributed by atoms with Crippen molar-refractivity contribution in [3.63, 3.8) is 0 Å². The third-order valence-corrected chi connectivity index (χ3v) is 5.69. The van der Waals surface area contributed by atoms with E-state index in [1.165, 1.54) is 47.1 Å². The van der Waals surface area contributed by atoms with Crippen LogP contribution >= 0.6 is 0 Å². The molecule has 0 bridgehead atoms. The molecule has 0 aliphatic heterocycles. The van der Waals surface area contributed by atoms with E-state index in [4.69, 9.17) is 0 Å². The zero-order valence-corrected chi connectivity index (χ0v) is 16.5. The van der Waals surface area contributed by atoms with Crippen molar-refractivity contribution >= 4 is 0 Å². The van der Waals surface area contributed by atoms with Gasteiger partial charge in [-0.15, -0.1) is 0 Å². The van der Waals surface area contributed by atoms with Crippen LogP contribution in [-0.4, -0.2) is 0 Å². The van der Waals surface area contributed by atoms with E-state index in [1.807, 2.05) is 0 Å². The maximum atomic E-state index is 2.53. The highest BCUT2D eigenvalue weighted by Crippen LogP contribution is 2.33. The van der Waals surface area contributed by atoms with Crippen LogP contribution in [-0.2, 0) is 0 Å². The minimum Gasteiger partial charge on any atom is -0.0836 e. The van der Waals surface area contributed by atoms with E-state index in [1.54, 1.807) is 0 Å². The molecule has 0 fully saturated rings. The molecular formula is C26H32. The number of benzene rings is 1. The quantitative estimate of drug-likeness (QED) is 0.500. The van der Waals surface area contributed by atoms with Crippen molar-refractivity contribution in [1.29, 1.82) is 0 Å². The molecule has 2 aliphatic carbocycles. The zero-order valence-electron chi connectivity index (χ0n) is 16.5. The van der Waals surface area contributed by atoms with E-state index in [2.05, 4.69) is 87.6 Å². The van der Waals surface area contributed by atoms with Gasteiger partial charge < -0.3 is 0 Å². The van der Waals surface area contributed by atoms with Gasteiger partial charge in [-0.05, 0) is 74.1 Å². The average Bonchev–Trinajstić information content (AvgIpc) is 2.67. The van der Waals surface area contributed by atoms with Gasteiger partial charge in [0.05, 0.1) is 0 Å². The van der Waals surface area contributed by atoms with Crippen LogP contribution in [0.2, 0.25) is 0 Å². The average molecular weight is 345 g/mol. The molecule has 26 heavy (non-hydrogen) atoms. The number of hydrogen-bond acceptors (Lipinski definition) is 0. The van der Waals surface area contributed by atoms with Crippen LogP contribution in [0, 0.1) is 19.8 Å². The molecule has 2 aliphatic rings. The fourth-order valence-corrected chi connectivity index (χ4v) is 4.19. The molecule has 0 N–H and O–H groups in total. The summed E-state index contributed by atoms with van der Waals surface area (Å²) >= 11 is 0. The summed E-state index contributed by atoms with van der Waals surface area (Å²) in [5.74, 6) is 1.12. The maximum Gasteiger partial charge on any atom is 0.00583 e. The van der Waals surface area contributed by atoms with Gasteiger partial charge in [-0.2, -0.15) is 0 Å². The van der Waals surface area contributed by atoms with Crippen LogP contribution in [0.25, 0.3) is 0 Å². The third-order valence-electron chi connectivity index (χ3n) is 5.69. The highest BCUT2D eigenvalue weighted by atomic mass is 14.2. The second kappa shape index (κ2) is 9.03.